The summed E-state index contributed by atoms with van der Waals surface area (Å²) >= 11 is 0. The average molecular weight is 494 g/mol. The first-order valence-corrected chi connectivity index (χ1v) is 15.1. The van der Waals surface area contributed by atoms with Crippen LogP contribution in [0.25, 0.3) is 0 Å². The fourth-order valence-corrected chi connectivity index (χ4v) is 4.31. The molecule has 0 fully saturated rings. The highest BCUT2D eigenvalue weighted by Gasteiger charge is 2.17. The van der Waals surface area contributed by atoms with Crippen LogP contribution in [0.5, 0.6) is 0 Å². The summed E-state index contributed by atoms with van der Waals surface area (Å²) in [5.41, 5.74) is 0. The van der Waals surface area contributed by atoms with Crippen LogP contribution in [0.3, 0.4) is 0 Å². The third kappa shape index (κ3) is 24.3. The Kier molecular flexibility index (Phi) is 26.6. The molecule has 206 valence electrons. The molecule has 2 unspecified atom stereocenters. The lowest BCUT2D eigenvalue weighted by Crippen LogP contribution is -2.45. The van der Waals surface area contributed by atoms with Gasteiger partial charge in [0.15, 0.2) is 0 Å². The summed E-state index contributed by atoms with van der Waals surface area (Å²) in [5.74, 6) is -0.0816. The number of hydrogen-bond donors (Lipinski definition) is 3. The summed E-state index contributed by atoms with van der Waals surface area (Å²) in [5, 5.41) is 22.6. The van der Waals surface area contributed by atoms with E-state index in [1.165, 1.54) is 96.3 Å². The molecule has 4 heteroatoms. The molecule has 0 radical (unpaired) electrons. The van der Waals surface area contributed by atoms with Crippen molar-refractivity contribution >= 4 is 5.91 Å². The molecule has 1 amide bonds. The van der Waals surface area contributed by atoms with E-state index in [9.17, 15) is 15.0 Å². The fourth-order valence-electron chi connectivity index (χ4n) is 4.31. The van der Waals surface area contributed by atoms with Crippen LogP contribution >= 0.6 is 0 Å². The Balaban J connectivity index is 3.74. The molecule has 0 spiro atoms. The van der Waals surface area contributed by atoms with Gasteiger partial charge >= 0.3 is 0 Å². The first-order valence-electron chi connectivity index (χ1n) is 15.1. The number of aliphatic hydroxyl groups is 2. The van der Waals surface area contributed by atoms with Crippen LogP contribution in [0.4, 0.5) is 0 Å². The maximum atomic E-state index is 12.1. The van der Waals surface area contributed by atoms with Gasteiger partial charge in [-0.1, -0.05) is 134 Å². The van der Waals surface area contributed by atoms with E-state index in [0.717, 1.165) is 32.1 Å². The van der Waals surface area contributed by atoms with E-state index < -0.39 is 12.1 Å². The fraction of sp³-hybridized carbons (Fsp3) is 0.839. The summed E-state index contributed by atoms with van der Waals surface area (Å²) in [6.07, 6.45) is 32.5. The lowest BCUT2D eigenvalue weighted by molar-refractivity contribution is -0.123. The van der Waals surface area contributed by atoms with Crippen molar-refractivity contribution < 1.29 is 15.0 Å². The Bertz CT molecular complexity index is 503. The van der Waals surface area contributed by atoms with Gasteiger partial charge in [0.25, 0.3) is 0 Å². The molecule has 3 N–H and O–H groups in total. The highest BCUT2D eigenvalue weighted by Crippen LogP contribution is 2.11. The van der Waals surface area contributed by atoms with Gasteiger partial charge < -0.3 is 15.5 Å². The Labute approximate surface area is 218 Å². The van der Waals surface area contributed by atoms with Crippen molar-refractivity contribution in [3.8, 4) is 0 Å². The van der Waals surface area contributed by atoms with Gasteiger partial charge in [-0.05, 0) is 32.1 Å². The molecule has 2 atom stereocenters. The van der Waals surface area contributed by atoms with Crippen molar-refractivity contribution in [2.75, 3.05) is 6.61 Å². The van der Waals surface area contributed by atoms with E-state index in [1.807, 2.05) is 6.08 Å². The molecule has 0 bridgehead atoms. The molecule has 0 aromatic rings. The van der Waals surface area contributed by atoms with Gasteiger partial charge in [0.2, 0.25) is 5.91 Å². The Morgan fingerprint density at radius 3 is 1.66 bits per heavy atom. The maximum Gasteiger partial charge on any atom is 0.220 e. The largest absolute Gasteiger partial charge is 0.394 e. The third-order valence-corrected chi connectivity index (χ3v) is 6.69. The second kappa shape index (κ2) is 27.5. The number of aliphatic hydroxyl groups excluding tert-OH is 2. The molecule has 4 nitrogen and oxygen atoms in total. The molecule has 0 aliphatic heterocycles. The van der Waals surface area contributed by atoms with Crippen molar-refractivity contribution in [2.45, 2.75) is 161 Å². The summed E-state index contributed by atoms with van der Waals surface area (Å²) in [7, 11) is 0. The molecule has 0 heterocycles. The van der Waals surface area contributed by atoms with E-state index in [2.05, 4.69) is 31.3 Å². The number of unbranched alkanes of at least 4 members (excludes halogenated alkanes) is 17. The third-order valence-electron chi connectivity index (χ3n) is 6.69. The molecular formula is C31H59NO3. The highest BCUT2D eigenvalue weighted by atomic mass is 16.3. The number of rotatable bonds is 26. The maximum absolute atomic E-state index is 12.1. The topological polar surface area (TPSA) is 69.6 Å². The second-order valence-electron chi connectivity index (χ2n) is 10.2. The van der Waals surface area contributed by atoms with Crippen LogP contribution in [0.2, 0.25) is 0 Å². The summed E-state index contributed by atoms with van der Waals surface area (Å²) in [6.45, 7) is 4.23. The standard InChI is InChI=1S/C31H59NO3/c1-3-5-7-9-11-13-14-15-16-17-18-19-20-22-24-26-30(34)29(28-33)32-31(35)27-25-23-21-12-10-8-6-4-2/h18-19,24,26,29-30,33-34H,3-17,20-23,25,27-28H2,1-2H3,(H,32,35)/b19-18+,26-24+. The lowest BCUT2D eigenvalue weighted by atomic mass is 10.1. The molecule has 0 saturated heterocycles. The van der Waals surface area contributed by atoms with Gasteiger partial charge in [0.1, 0.15) is 0 Å². The van der Waals surface area contributed by atoms with Gasteiger partial charge in [0, 0.05) is 6.42 Å². The summed E-state index contributed by atoms with van der Waals surface area (Å²) in [4.78, 5) is 12.1. The van der Waals surface area contributed by atoms with Gasteiger partial charge in [-0.2, -0.15) is 0 Å². The molecule has 35 heavy (non-hydrogen) atoms. The zero-order valence-electron chi connectivity index (χ0n) is 23.3. The summed E-state index contributed by atoms with van der Waals surface area (Å²) < 4.78 is 0. The molecule has 0 aromatic heterocycles. The average Bonchev–Trinajstić information content (AvgIpc) is 2.86. The minimum atomic E-state index is -0.853. The van der Waals surface area contributed by atoms with Crippen LogP contribution in [-0.4, -0.2) is 34.9 Å². The summed E-state index contributed by atoms with van der Waals surface area (Å²) in [6, 6.07) is -0.630. The van der Waals surface area contributed by atoms with Crippen LogP contribution < -0.4 is 5.32 Å². The number of allylic oxidation sites excluding steroid dienone is 3. The first kappa shape index (κ1) is 33.9. The van der Waals surface area contributed by atoms with E-state index in [-0.39, 0.29) is 12.5 Å². The van der Waals surface area contributed by atoms with Crippen molar-refractivity contribution in [3.05, 3.63) is 24.3 Å². The van der Waals surface area contributed by atoms with Crippen LogP contribution in [0.15, 0.2) is 24.3 Å². The minimum Gasteiger partial charge on any atom is -0.394 e. The van der Waals surface area contributed by atoms with Gasteiger partial charge in [-0.25, -0.2) is 0 Å². The number of hydrogen-bond acceptors (Lipinski definition) is 3. The Morgan fingerprint density at radius 2 is 1.11 bits per heavy atom. The van der Waals surface area contributed by atoms with Gasteiger partial charge in [-0.15, -0.1) is 0 Å². The van der Waals surface area contributed by atoms with Crippen molar-refractivity contribution in [1.29, 1.82) is 0 Å². The predicted octanol–water partition coefficient (Wildman–Crippen LogP) is 8.17. The van der Waals surface area contributed by atoms with Crippen molar-refractivity contribution in [3.63, 3.8) is 0 Å². The smallest absolute Gasteiger partial charge is 0.220 e. The molecule has 0 rings (SSSR count). The minimum absolute atomic E-state index is 0.0816. The first-order chi connectivity index (χ1) is 17.2. The number of carbonyl (C=O) groups is 1. The normalized spacial score (nSPS) is 13.6. The van der Waals surface area contributed by atoms with Crippen LogP contribution in [0, 0.1) is 0 Å². The number of carbonyl (C=O) groups excluding carboxylic acids is 1. The zero-order valence-corrected chi connectivity index (χ0v) is 23.3. The second-order valence-corrected chi connectivity index (χ2v) is 10.2. The molecule has 0 aliphatic carbocycles. The van der Waals surface area contributed by atoms with Gasteiger partial charge in [-0.3, -0.25) is 4.79 Å². The molecule has 0 aromatic carbocycles. The number of nitrogens with one attached hydrogen (secondary N) is 1. The Morgan fingerprint density at radius 1 is 0.657 bits per heavy atom. The zero-order chi connectivity index (χ0) is 25.8. The molecule has 0 aliphatic rings. The van der Waals surface area contributed by atoms with E-state index >= 15 is 0 Å². The molecular weight excluding hydrogens is 434 g/mol. The SMILES string of the molecule is CCCCCCCCCCC/C=C/CC/C=C/C(O)C(CO)NC(=O)CCCCCCCCCC. The van der Waals surface area contributed by atoms with E-state index in [4.69, 9.17) is 0 Å². The van der Waals surface area contributed by atoms with E-state index in [0.29, 0.717) is 6.42 Å². The van der Waals surface area contributed by atoms with Crippen LogP contribution in [-0.2, 0) is 4.79 Å². The van der Waals surface area contributed by atoms with Crippen molar-refractivity contribution in [1.82, 2.24) is 5.32 Å². The monoisotopic (exact) mass is 493 g/mol. The number of amides is 1. The Hall–Kier alpha value is -1.13. The van der Waals surface area contributed by atoms with Crippen molar-refractivity contribution in [2.24, 2.45) is 0 Å². The van der Waals surface area contributed by atoms with Gasteiger partial charge in [0.05, 0.1) is 18.8 Å². The van der Waals surface area contributed by atoms with Crippen LogP contribution in [0.1, 0.15) is 149 Å². The van der Waals surface area contributed by atoms with E-state index in [1.54, 1.807) is 6.08 Å². The lowest BCUT2D eigenvalue weighted by Gasteiger charge is -2.19. The highest BCUT2D eigenvalue weighted by molar-refractivity contribution is 5.76. The molecule has 0 saturated carbocycles. The predicted molar refractivity (Wildman–Crippen MR) is 152 cm³/mol. The quantitative estimate of drug-likeness (QED) is 0.0840.